The molecule has 2 aromatic carbocycles. The zero-order valence-electron chi connectivity index (χ0n) is 26.1. The summed E-state index contributed by atoms with van der Waals surface area (Å²) >= 11 is 1.33. The van der Waals surface area contributed by atoms with Gasteiger partial charge in [0.05, 0.1) is 24.4 Å². The van der Waals surface area contributed by atoms with Crippen LogP contribution in [0.2, 0.25) is 0 Å². The highest BCUT2D eigenvalue weighted by atomic mass is 32.2. The van der Waals surface area contributed by atoms with Crippen molar-refractivity contribution >= 4 is 33.1 Å². The van der Waals surface area contributed by atoms with Crippen LogP contribution in [0, 0.1) is 0 Å². The highest BCUT2D eigenvalue weighted by molar-refractivity contribution is 7.92. The minimum atomic E-state index is -3.94. The van der Waals surface area contributed by atoms with E-state index in [1.165, 1.54) is 22.6 Å². The van der Waals surface area contributed by atoms with Crippen LogP contribution in [0.4, 0.5) is 4.79 Å². The van der Waals surface area contributed by atoms with Gasteiger partial charge in [-0.2, -0.15) is 0 Å². The number of ether oxygens (including phenoxy) is 1. The van der Waals surface area contributed by atoms with E-state index in [1.54, 1.807) is 12.3 Å². The van der Waals surface area contributed by atoms with Gasteiger partial charge in [-0.3, -0.25) is 4.79 Å². The number of urea groups is 1. The number of aromatic nitrogens is 1. The Morgan fingerprint density at radius 3 is 2.57 bits per heavy atom. The molecule has 2 aliphatic heterocycles. The van der Waals surface area contributed by atoms with Gasteiger partial charge in [0.15, 0.2) is 28.3 Å². The quantitative estimate of drug-likeness (QED) is 0.211. The zero-order chi connectivity index (χ0) is 32.9. The van der Waals surface area contributed by atoms with E-state index in [9.17, 15) is 18.0 Å². The van der Waals surface area contributed by atoms with Crippen LogP contribution in [0.1, 0.15) is 55.5 Å². The fourth-order valence-corrected chi connectivity index (χ4v) is 9.61. The molecule has 6 rings (SSSR count). The van der Waals surface area contributed by atoms with Crippen molar-refractivity contribution < 1.29 is 32.0 Å². The lowest BCUT2D eigenvalue weighted by Crippen LogP contribution is -2.43. The summed E-state index contributed by atoms with van der Waals surface area (Å²) in [5.41, 5.74) is 5.16. The Labute approximate surface area is 278 Å². The van der Waals surface area contributed by atoms with Gasteiger partial charge in [-0.05, 0) is 49.4 Å². The largest absolute Gasteiger partial charge is 0.444 e. The molecule has 0 saturated carbocycles. The van der Waals surface area contributed by atoms with Gasteiger partial charge in [0.2, 0.25) is 5.91 Å². The fourth-order valence-electron chi connectivity index (χ4n) is 6.00. The first kappa shape index (κ1) is 32.9. The number of thiophene rings is 1. The Morgan fingerprint density at radius 2 is 1.85 bits per heavy atom. The Bertz CT molecular complexity index is 1760. The van der Waals surface area contributed by atoms with Crippen LogP contribution in [-0.2, 0) is 29.0 Å². The van der Waals surface area contributed by atoms with Crippen LogP contribution in [0.15, 0.2) is 83.7 Å². The maximum atomic E-state index is 14.3. The third kappa shape index (κ3) is 7.43. The number of hydrogen-bond donors (Lipinski definition) is 2. The smallest absolute Gasteiger partial charge is 0.317 e. The first-order valence-electron chi connectivity index (χ1n) is 15.7. The van der Waals surface area contributed by atoms with Crippen molar-refractivity contribution in [3.63, 3.8) is 0 Å². The SMILES string of the molecule is C[C@H](NC(=O)N1CCC(CC(=O)NOC2CCCCO2)(c2ccc(-c3ccc(-c4cnco4)cc3)s2)S(=O)(=O)CC1)c1ccccc1. The zero-order valence-corrected chi connectivity index (χ0v) is 27.7. The standard InChI is InChI=1S/C34H38N4O7S2/c1-24(25-7-3-2-4-8-25)36-33(40)38-17-16-34(47(41,42)20-18-38,21-31(39)37-45-32-9-5-6-19-43-32)30-15-14-29(46-30)27-12-10-26(11-13-27)28-22-35-23-44-28/h2-4,7-8,10-15,22-24,32H,5-6,9,16-21H2,1H3,(H,36,40)(H,37,39)/t24-,32?,34?/m0/s1. The first-order chi connectivity index (χ1) is 22.7. The second-order valence-corrected chi connectivity index (χ2v) is 15.4. The molecule has 0 bridgehead atoms. The second-order valence-electron chi connectivity index (χ2n) is 11.9. The van der Waals surface area contributed by atoms with Crippen LogP contribution in [0.5, 0.6) is 0 Å². The van der Waals surface area contributed by atoms with Gasteiger partial charge in [-0.25, -0.2) is 28.5 Å². The number of nitrogens with one attached hydrogen (secondary N) is 2. The first-order valence-corrected chi connectivity index (χ1v) is 18.2. The molecule has 11 nitrogen and oxygen atoms in total. The lowest BCUT2D eigenvalue weighted by Gasteiger charge is -2.31. The molecule has 4 aromatic rings. The van der Waals surface area contributed by atoms with Gasteiger partial charge in [-0.1, -0.05) is 54.6 Å². The highest BCUT2D eigenvalue weighted by Gasteiger charge is 2.50. The lowest BCUT2D eigenvalue weighted by molar-refractivity contribution is -0.200. The molecule has 47 heavy (non-hydrogen) atoms. The van der Waals surface area contributed by atoms with Gasteiger partial charge >= 0.3 is 6.03 Å². The molecular formula is C34H38N4O7S2. The molecule has 0 radical (unpaired) electrons. The van der Waals surface area contributed by atoms with E-state index in [1.807, 2.05) is 67.6 Å². The van der Waals surface area contributed by atoms with Crippen LogP contribution in [0.25, 0.3) is 21.8 Å². The summed E-state index contributed by atoms with van der Waals surface area (Å²) in [6.07, 6.45) is 4.60. The van der Waals surface area contributed by atoms with Gasteiger partial charge in [-0.15, -0.1) is 11.3 Å². The van der Waals surface area contributed by atoms with Gasteiger partial charge in [0.1, 0.15) is 4.75 Å². The van der Waals surface area contributed by atoms with Gasteiger partial charge < -0.3 is 19.4 Å². The van der Waals surface area contributed by atoms with Crippen molar-refractivity contribution in [2.45, 2.75) is 56.1 Å². The van der Waals surface area contributed by atoms with E-state index in [4.69, 9.17) is 14.0 Å². The summed E-state index contributed by atoms with van der Waals surface area (Å²) in [5, 5.41) is 3.00. The Balaban J connectivity index is 1.25. The molecule has 2 aliphatic rings. The van der Waals surface area contributed by atoms with Crippen molar-refractivity contribution in [1.82, 2.24) is 20.7 Å². The van der Waals surface area contributed by atoms with Crippen molar-refractivity contribution in [2.24, 2.45) is 0 Å². The summed E-state index contributed by atoms with van der Waals surface area (Å²) in [6.45, 7) is 2.58. The third-order valence-electron chi connectivity index (χ3n) is 8.77. The molecular weight excluding hydrogens is 641 g/mol. The van der Waals surface area contributed by atoms with E-state index < -0.39 is 26.8 Å². The Hall–Kier alpha value is -4.04. The average molecular weight is 679 g/mol. The number of sulfone groups is 1. The van der Waals surface area contributed by atoms with E-state index in [0.29, 0.717) is 23.7 Å². The van der Waals surface area contributed by atoms with Crippen LogP contribution in [-0.4, -0.2) is 62.0 Å². The van der Waals surface area contributed by atoms with Crippen molar-refractivity contribution in [2.75, 3.05) is 25.4 Å². The molecule has 0 spiro atoms. The minimum absolute atomic E-state index is 0.00674. The lowest BCUT2D eigenvalue weighted by atomic mass is 9.97. The molecule has 4 heterocycles. The number of hydroxylamine groups is 1. The molecule has 3 atom stereocenters. The van der Waals surface area contributed by atoms with Crippen LogP contribution in [0.3, 0.4) is 0 Å². The van der Waals surface area contributed by atoms with Crippen molar-refractivity contribution in [3.05, 3.63) is 89.8 Å². The molecule has 2 unspecified atom stereocenters. The van der Waals surface area contributed by atoms with Crippen molar-refractivity contribution in [3.8, 4) is 21.8 Å². The molecule has 13 heteroatoms. The normalized spacial score (nSPS) is 21.8. The molecule has 248 valence electrons. The summed E-state index contributed by atoms with van der Waals surface area (Å²) in [4.78, 5) is 39.2. The number of carbonyl (C=O) groups excluding carboxylic acids is 2. The number of amides is 3. The number of rotatable bonds is 9. The fraction of sp³-hybridized carbons (Fsp3) is 0.382. The van der Waals surface area contributed by atoms with E-state index in [-0.39, 0.29) is 43.8 Å². The summed E-state index contributed by atoms with van der Waals surface area (Å²) < 4.78 is 38.0. The Morgan fingerprint density at radius 1 is 1.06 bits per heavy atom. The Kier molecular flexibility index (Phi) is 10.1. The predicted octanol–water partition coefficient (Wildman–Crippen LogP) is 5.82. The molecule has 2 saturated heterocycles. The molecule has 3 amide bonds. The summed E-state index contributed by atoms with van der Waals surface area (Å²) in [7, 11) is -3.94. The number of benzene rings is 2. The van der Waals surface area contributed by atoms with Gasteiger partial charge in [0, 0.05) is 41.4 Å². The van der Waals surface area contributed by atoms with Gasteiger partial charge in [0.25, 0.3) is 0 Å². The third-order valence-corrected chi connectivity index (χ3v) is 12.7. The summed E-state index contributed by atoms with van der Waals surface area (Å²) in [5.74, 6) is -0.214. The minimum Gasteiger partial charge on any atom is -0.444 e. The topological polar surface area (TPSA) is 140 Å². The van der Waals surface area contributed by atoms with Crippen molar-refractivity contribution in [1.29, 1.82) is 0 Å². The second kappa shape index (κ2) is 14.4. The monoisotopic (exact) mass is 678 g/mol. The number of hydrogen-bond acceptors (Lipinski definition) is 9. The number of carbonyl (C=O) groups is 2. The predicted molar refractivity (Wildman–Crippen MR) is 178 cm³/mol. The highest BCUT2D eigenvalue weighted by Crippen LogP contribution is 2.45. The van der Waals surface area contributed by atoms with E-state index in [2.05, 4.69) is 15.8 Å². The van der Waals surface area contributed by atoms with E-state index in [0.717, 1.165) is 34.4 Å². The van der Waals surface area contributed by atoms with E-state index >= 15 is 0 Å². The molecule has 2 aromatic heterocycles. The van der Waals surface area contributed by atoms with Crippen LogP contribution < -0.4 is 10.8 Å². The maximum Gasteiger partial charge on any atom is 0.317 e. The molecule has 2 fully saturated rings. The summed E-state index contributed by atoms with van der Waals surface area (Å²) in [6, 6.07) is 20.3. The number of nitrogens with zero attached hydrogens (tertiary/aromatic N) is 2. The number of oxazole rings is 1. The maximum absolute atomic E-state index is 14.3. The average Bonchev–Trinajstić information content (AvgIpc) is 3.79. The van der Waals surface area contributed by atoms with Crippen LogP contribution >= 0.6 is 11.3 Å². The molecule has 2 N–H and O–H groups in total. The molecule has 0 aliphatic carbocycles.